The number of hydrogen-bond acceptors (Lipinski definition) is 5. The number of aryl methyl sites for hydroxylation is 2. The minimum absolute atomic E-state index is 0.167. The maximum absolute atomic E-state index is 12.8. The molecule has 4 rings (SSSR count). The van der Waals surface area contributed by atoms with Crippen molar-refractivity contribution in [3.05, 3.63) is 52.3 Å². The number of nitrogens with one attached hydrogen (secondary N) is 1. The number of fused-ring (bicyclic) bond motifs is 1. The molecule has 0 aliphatic heterocycles. The van der Waals surface area contributed by atoms with E-state index in [1.54, 1.807) is 36.1 Å². The molecule has 0 spiro atoms. The van der Waals surface area contributed by atoms with Crippen LogP contribution in [-0.4, -0.2) is 31.5 Å². The Labute approximate surface area is 149 Å². The van der Waals surface area contributed by atoms with Crippen LogP contribution in [0.1, 0.15) is 34.8 Å². The molecule has 2 aromatic heterocycles. The number of rotatable bonds is 4. The molecule has 2 heterocycles. The first kappa shape index (κ1) is 16.6. The molecule has 1 atom stereocenters. The number of carbonyl (C=O) groups is 1. The molecule has 8 heteroatoms. The highest BCUT2D eigenvalue weighted by atomic mass is 16.4. The third-order valence-corrected chi connectivity index (χ3v) is 5.05. The number of aliphatic hydroxyl groups excluding tert-OH is 1. The van der Waals surface area contributed by atoms with Crippen LogP contribution in [0.4, 0.5) is 0 Å². The highest BCUT2D eigenvalue weighted by molar-refractivity contribution is 5.97. The van der Waals surface area contributed by atoms with Crippen LogP contribution < -0.4 is 11.1 Å². The Morgan fingerprint density at radius 1 is 1.38 bits per heavy atom. The Morgan fingerprint density at radius 2 is 2.15 bits per heavy atom. The lowest BCUT2D eigenvalue weighted by Crippen LogP contribution is -2.41. The highest BCUT2D eigenvalue weighted by Gasteiger charge is 2.36. The first-order chi connectivity index (χ1) is 12.4. The van der Waals surface area contributed by atoms with Crippen LogP contribution in [0.3, 0.4) is 0 Å². The SMILES string of the molecule is Cn1cc([C@H](NC(=O)c2ccc3oc(=O)n(C)c3c2)C2CC(O)C2)cn1. The number of hydrogen-bond donors (Lipinski definition) is 2. The topological polar surface area (TPSA) is 102 Å². The molecule has 2 N–H and O–H groups in total. The molecule has 3 aromatic rings. The molecule has 1 saturated carbocycles. The molecule has 0 bridgehead atoms. The average molecular weight is 356 g/mol. The summed E-state index contributed by atoms with van der Waals surface area (Å²) >= 11 is 0. The van der Waals surface area contributed by atoms with Gasteiger partial charge in [0, 0.05) is 31.4 Å². The van der Waals surface area contributed by atoms with Crippen LogP contribution in [0.25, 0.3) is 11.1 Å². The molecule has 26 heavy (non-hydrogen) atoms. The first-order valence-corrected chi connectivity index (χ1v) is 8.49. The molecule has 1 aliphatic rings. The van der Waals surface area contributed by atoms with Gasteiger partial charge in [-0.05, 0) is 37.0 Å². The van der Waals surface area contributed by atoms with E-state index in [1.807, 2.05) is 13.2 Å². The van der Waals surface area contributed by atoms with Gasteiger partial charge in [0.2, 0.25) is 0 Å². The number of aromatic nitrogens is 3. The van der Waals surface area contributed by atoms with Gasteiger partial charge in [-0.1, -0.05) is 0 Å². The van der Waals surface area contributed by atoms with Gasteiger partial charge < -0.3 is 14.8 Å². The fourth-order valence-electron chi connectivity index (χ4n) is 3.47. The van der Waals surface area contributed by atoms with E-state index in [4.69, 9.17) is 4.42 Å². The van der Waals surface area contributed by atoms with Crippen LogP contribution in [0.2, 0.25) is 0 Å². The maximum Gasteiger partial charge on any atom is 0.419 e. The van der Waals surface area contributed by atoms with Gasteiger partial charge in [-0.2, -0.15) is 5.10 Å². The van der Waals surface area contributed by atoms with Crippen molar-refractivity contribution in [2.45, 2.75) is 25.0 Å². The van der Waals surface area contributed by atoms with Gasteiger partial charge in [-0.25, -0.2) is 4.79 Å². The van der Waals surface area contributed by atoms with Crippen molar-refractivity contribution < 1.29 is 14.3 Å². The summed E-state index contributed by atoms with van der Waals surface area (Å²) in [7, 11) is 3.43. The lowest BCUT2D eigenvalue weighted by Gasteiger charge is -2.37. The van der Waals surface area contributed by atoms with Gasteiger partial charge in [0.25, 0.3) is 5.91 Å². The second-order valence-corrected chi connectivity index (χ2v) is 6.89. The average Bonchev–Trinajstić information content (AvgIpc) is 3.13. The summed E-state index contributed by atoms with van der Waals surface area (Å²) in [6.45, 7) is 0. The molecule has 136 valence electrons. The minimum atomic E-state index is -0.464. The zero-order valence-corrected chi connectivity index (χ0v) is 14.5. The Bertz CT molecular complexity index is 1030. The maximum atomic E-state index is 12.8. The summed E-state index contributed by atoms with van der Waals surface area (Å²) in [6.07, 6.45) is 4.59. The van der Waals surface area contributed by atoms with Crippen molar-refractivity contribution in [3.8, 4) is 0 Å². The summed E-state index contributed by atoms with van der Waals surface area (Å²) in [5.74, 6) is -0.537. The number of benzene rings is 1. The van der Waals surface area contributed by atoms with Gasteiger partial charge in [0.05, 0.1) is 23.9 Å². The summed E-state index contributed by atoms with van der Waals surface area (Å²) in [4.78, 5) is 24.4. The van der Waals surface area contributed by atoms with Crippen LogP contribution in [0.5, 0.6) is 0 Å². The largest absolute Gasteiger partial charge is 0.419 e. The number of nitrogens with zero attached hydrogens (tertiary/aromatic N) is 3. The molecule has 0 saturated heterocycles. The predicted molar refractivity (Wildman–Crippen MR) is 93.6 cm³/mol. The van der Waals surface area contributed by atoms with Gasteiger partial charge in [-0.3, -0.25) is 14.0 Å². The molecule has 1 aromatic carbocycles. The van der Waals surface area contributed by atoms with Crippen LogP contribution >= 0.6 is 0 Å². The first-order valence-electron chi connectivity index (χ1n) is 8.49. The predicted octanol–water partition coefficient (Wildman–Crippen LogP) is 1.11. The second-order valence-electron chi connectivity index (χ2n) is 6.89. The van der Waals surface area contributed by atoms with E-state index in [0.717, 1.165) is 5.56 Å². The minimum Gasteiger partial charge on any atom is -0.408 e. The van der Waals surface area contributed by atoms with Crippen LogP contribution in [0.15, 0.2) is 39.8 Å². The standard InChI is InChI=1S/C18H20N4O4/c1-21-9-12(8-19-21)16(11-5-13(23)6-11)20-17(24)10-3-4-15-14(7-10)22(2)18(25)26-15/h3-4,7-9,11,13,16,23H,5-6H2,1-2H3,(H,20,24)/t11?,13?,16-/m1/s1. The third kappa shape index (κ3) is 2.82. The smallest absolute Gasteiger partial charge is 0.408 e. The lowest BCUT2D eigenvalue weighted by molar-refractivity contribution is 0.0235. The molecule has 1 fully saturated rings. The number of oxazole rings is 1. The zero-order valence-electron chi connectivity index (χ0n) is 14.5. The molecular weight excluding hydrogens is 336 g/mol. The van der Waals surface area contributed by atoms with Gasteiger partial charge in [0.15, 0.2) is 5.58 Å². The van der Waals surface area contributed by atoms with Crippen molar-refractivity contribution in [1.82, 2.24) is 19.7 Å². The Hall–Kier alpha value is -2.87. The summed E-state index contributed by atoms with van der Waals surface area (Å²) in [5.41, 5.74) is 2.37. The lowest BCUT2D eigenvalue weighted by atomic mass is 9.75. The highest BCUT2D eigenvalue weighted by Crippen LogP contribution is 2.38. The summed E-state index contributed by atoms with van der Waals surface area (Å²) in [6, 6.07) is 4.68. The normalized spacial score (nSPS) is 20.7. The molecule has 1 amide bonds. The Balaban J connectivity index is 1.62. The van der Waals surface area contributed by atoms with E-state index in [9.17, 15) is 14.7 Å². The van der Waals surface area contributed by atoms with Crippen molar-refractivity contribution in [2.75, 3.05) is 0 Å². The van der Waals surface area contributed by atoms with E-state index in [2.05, 4.69) is 10.4 Å². The van der Waals surface area contributed by atoms with E-state index < -0.39 is 5.76 Å². The fourth-order valence-corrected chi connectivity index (χ4v) is 3.47. The zero-order chi connectivity index (χ0) is 18.4. The third-order valence-electron chi connectivity index (χ3n) is 5.05. The van der Waals surface area contributed by atoms with E-state index in [-0.39, 0.29) is 24.0 Å². The monoisotopic (exact) mass is 356 g/mol. The van der Waals surface area contributed by atoms with Gasteiger partial charge in [0.1, 0.15) is 0 Å². The van der Waals surface area contributed by atoms with Crippen LogP contribution in [0, 0.1) is 5.92 Å². The van der Waals surface area contributed by atoms with Gasteiger partial charge in [-0.15, -0.1) is 0 Å². The summed E-state index contributed by atoms with van der Waals surface area (Å²) in [5, 5.41) is 16.9. The Kier molecular flexibility index (Phi) is 3.91. The molecule has 0 unspecified atom stereocenters. The Morgan fingerprint density at radius 3 is 2.81 bits per heavy atom. The quantitative estimate of drug-likeness (QED) is 0.729. The molecular formula is C18H20N4O4. The number of carbonyl (C=O) groups excluding carboxylic acids is 1. The fraction of sp³-hybridized carbons (Fsp3) is 0.389. The molecule has 0 radical (unpaired) electrons. The molecule has 8 nitrogen and oxygen atoms in total. The van der Waals surface area contributed by atoms with Crippen molar-refractivity contribution >= 4 is 17.0 Å². The van der Waals surface area contributed by atoms with Gasteiger partial charge >= 0.3 is 5.76 Å². The molecule has 1 aliphatic carbocycles. The number of amides is 1. The van der Waals surface area contributed by atoms with Crippen LogP contribution in [-0.2, 0) is 14.1 Å². The number of aliphatic hydroxyl groups is 1. The van der Waals surface area contributed by atoms with Crippen molar-refractivity contribution in [2.24, 2.45) is 20.0 Å². The van der Waals surface area contributed by atoms with E-state index >= 15 is 0 Å². The van der Waals surface area contributed by atoms with E-state index in [0.29, 0.717) is 29.5 Å². The van der Waals surface area contributed by atoms with Crippen molar-refractivity contribution in [3.63, 3.8) is 0 Å². The second kappa shape index (κ2) is 6.14. The van der Waals surface area contributed by atoms with Crippen molar-refractivity contribution in [1.29, 1.82) is 0 Å². The summed E-state index contributed by atoms with van der Waals surface area (Å²) < 4.78 is 8.16. The van der Waals surface area contributed by atoms with E-state index in [1.165, 1.54) is 4.57 Å².